The molecule has 0 fully saturated rings. The molecule has 22 heavy (non-hydrogen) atoms. The van der Waals surface area contributed by atoms with Crippen molar-refractivity contribution in [1.29, 1.82) is 0 Å². The van der Waals surface area contributed by atoms with Crippen molar-refractivity contribution in [2.24, 2.45) is 0 Å². The SMILES string of the molecule is CC(C)NC(=O)NC(=O)COC(=O)COc1ccccc1F. The molecule has 2 N–H and O–H groups in total. The zero-order chi connectivity index (χ0) is 16.5. The summed E-state index contributed by atoms with van der Waals surface area (Å²) in [7, 11) is 0. The molecule has 0 unspecified atom stereocenters. The molecule has 0 spiro atoms. The molecule has 0 aliphatic rings. The van der Waals surface area contributed by atoms with Gasteiger partial charge in [-0.2, -0.15) is 0 Å². The zero-order valence-corrected chi connectivity index (χ0v) is 12.2. The molecular weight excluding hydrogens is 295 g/mol. The number of halogens is 1. The Balaban J connectivity index is 2.27. The monoisotopic (exact) mass is 312 g/mol. The van der Waals surface area contributed by atoms with Gasteiger partial charge >= 0.3 is 12.0 Å². The van der Waals surface area contributed by atoms with Crippen molar-refractivity contribution >= 4 is 17.9 Å². The number of urea groups is 1. The van der Waals surface area contributed by atoms with E-state index >= 15 is 0 Å². The van der Waals surface area contributed by atoms with Gasteiger partial charge in [0.15, 0.2) is 24.8 Å². The van der Waals surface area contributed by atoms with Gasteiger partial charge in [0.25, 0.3) is 5.91 Å². The van der Waals surface area contributed by atoms with Crippen LogP contribution in [0.1, 0.15) is 13.8 Å². The van der Waals surface area contributed by atoms with Gasteiger partial charge in [-0.1, -0.05) is 12.1 Å². The number of esters is 1. The van der Waals surface area contributed by atoms with E-state index in [4.69, 9.17) is 4.74 Å². The van der Waals surface area contributed by atoms with E-state index in [-0.39, 0.29) is 11.8 Å². The largest absolute Gasteiger partial charge is 0.479 e. The average molecular weight is 312 g/mol. The molecule has 120 valence electrons. The number of hydrogen-bond acceptors (Lipinski definition) is 5. The van der Waals surface area contributed by atoms with Crippen LogP contribution in [-0.2, 0) is 14.3 Å². The number of benzene rings is 1. The smallest absolute Gasteiger partial charge is 0.344 e. The molecule has 0 saturated heterocycles. The van der Waals surface area contributed by atoms with Crippen LogP contribution in [-0.4, -0.2) is 37.2 Å². The molecule has 8 heteroatoms. The third-order valence-corrected chi connectivity index (χ3v) is 2.22. The van der Waals surface area contributed by atoms with Crippen molar-refractivity contribution in [1.82, 2.24) is 10.6 Å². The quantitative estimate of drug-likeness (QED) is 0.764. The number of rotatable bonds is 6. The first-order chi connectivity index (χ1) is 10.4. The molecule has 0 aromatic heterocycles. The third-order valence-electron chi connectivity index (χ3n) is 2.22. The third kappa shape index (κ3) is 6.69. The maximum atomic E-state index is 13.2. The summed E-state index contributed by atoms with van der Waals surface area (Å²) in [5.74, 6) is -2.35. The molecular formula is C14H17FN2O5. The fraction of sp³-hybridized carbons (Fsp3) is 0.357. The van der Waals surface area contributed by atoms with E-state index < -0.39 is 36.9 Å². The molecule has 1 aromatic rings. The Hall–Kier alpha value is -2.64. The predicted molar refractivity (Wildman–Crippen MR) is 74.7 cm³/mol. The van der Waals surface area contributed by atoms with Gasteiger partial charge in [0.1, 0.15) is 0 Å². The molecule has 0 bridgehead atoms. The predicted octanol–water partition coefficient (Wildman–Crippen LogP) is 0.982. The maximum Gasteiger partial charge on any atom is 0.344 e. The number of carbonyl (C=O) groups excluding carboxylic acids is 3. The highest BCUT2D eigenvalue weighted by atomic mass is 19.1. The first-order valence-corrected chi connectivity index (χ1v) is 6.51. The molecule has 0 heterocycles. The number of nitrogens with one attached hydrogen (secondary N) is 2. The Labute approximate surface area is 126 Å². The van der Waals surface area contributed by atoms with E-state index in [0.29, 0.717) is 0 Å². The summed E-state index contributed by atoms with van der Waals surface area (Å²) in [6, 6.07) is 4.74. The summed E-state index contributed by atoms with van der Waals surface area (Å²) >= 11 is 0. The van der Waals surface area contributed by atoms with Crippen LogP contribution >= 0.6 is 0 Å². The summed E-state index contributed by atoms with van der Waals surface area (Å²) < 4.78 is 22.7. The van der Waals surface area contributed by atoms with Gasteiger partial charge in [0.2, 0.25) is 0 Å². The minimum absolute atomic E-state index is 0.0970. The number of carbonyl (C=O) groups is 3. The summed E-state index contributed by atoms with van der Waals surface area (Å²) in [4.78, 5) is 33.9. The first-order valence-electron chi connectivity index (χ1n) is 6.51. The lowest BCUT2D eigenvalue weighted by Crippen LogP contribution is -2.44. The fourth-order valence-electron chi connectivity index (χ4n) is 1.35. The first kappa shape index (κ1) is 17.4. The summed E-state index contributed by atoms with van der Waals surface area (Å²) in [6.07, 6.45) is 0. The van der Waals surface area contributed by atoms with Gasteiger partial charge in [-0.25, -0.2) is 14.0 Å². The lowest BCUT2D eigenvalue weighted by atomic mass is 10.3. The zero-order valence-electron chi connectivity index (χ0n) is 12.2. The van der Waals surface area contributed by atoms with Crippen molar-refractivity contribution < 1.29 is 28.2 Å². The highest BCUT2D eigenvalue weighted by Gasteiger charge is 2.12. The topological polar surface area (TPSA) is 93.7 Å². The highest BCUT2D eigenvalue weighted by Crippen LogP contribution is 2.14. The second kappa shape index (κ2) is 8.60. The van der Waals surface area contributed by atoms with E-state index in [1.807, 2.05) is 5.32 Å². The van der Waals surface area contributed by atoms with Crippen molar-refractivity contribution in [2.75, 3.05) is 13.2 Å². The molecule has 0 atom stereocenters. The summed E-state index contributed by atoms with van der Waals surface area (Å²) in [5, 5.41) is 4.42. The van der Waals surface area contributed by atoms with Crippen LogP contribution < -0.4 is 15.4 Å². The van der Waals surface area contributed by atoms with Gasteiger partial charge in [-0.3, -0.25) is 10.1 Å². The van der Waals surface area contributed by atoms with Gasteiger partial charge in [-0.15, -0.1) is 0 Å². The molecule has 3 amide bonds. The van der Waals surface area contributed by atoms with Gasteiger partial charge < -0.3 is 14.8 Å². The minimum atomic E-state index is -0.859. The van der Waals surface area contributed by atoms with Crippen LogP contribution in [0.5, 0.6) is 5.75 Å². The van der Waals surface area contributed by atoms with Crippen LogP contribution in [0, 0.1) is 5.82 Å². The molecule has 1 rings (SSSR count). The van der Waals surface area contributed by atoms with Crippen molar-refractivity contribution in [3.8, 4) is 5.75 Å². The van der Waals surface area contributed by atoms with Crippen molar-refractivity contribution in [3.05, 3.63) is 30.1 Å². The Morgan fingerprint density at radius 2 is 1.86 bits per heavy atom. The Morgan fingerprint density at radius 3 is 2.50 bits per heavy atom. The lowest BCUT2D eigenvalue weighted by Gasteiger charge is -2.10. The molecule has 1 aromatic carbocycles. The summed E-state index contributed by atoms with van der Waals surface area (Å²) in [6.45, 7) is 2.27. The van der Waals surface area contributed by atoms with Crippen LogP contribution in [0.2, 0.25) is 0 Å². The van der Waals surface area contributed by atoms with Crippen LogP contribution in [0.3, 0.4) is 0 Å². The Bertz CT molecular complexity index is 548. The van der Waals surface area contributed by atoms with Crippen LogP contribution in [0.25, 0.3) is 0 Å². The number of amides is 3. The van der Waals surface area contributed by atoms with Gasteiger partial charge in [0, 0.05) is 6.04 Å². The maximum absolute atomic E-state index is 13.2. The van der Waals surface area contributed by atoms with Gasteiger partial charge in [-0.05, 0) is 26.0 Å². The fourth-order valence-corrected chi connectivity index (χ4v) is 1.35. The number of para-hydroxylation sites is 1. The van der Waals surface area contributed by atoms with E-state index in [9.17, 15) is 18.8 Å². The standard InChI is InChI=1S/C14H17FN2O5/c1-9(2)16-14(20)17-12(18)7-22-13(19)8-21-11-6-4-3-5-10(11)15/h3-6,9H,7-8H2,1-2H3,(H2,16,17,18,20). The van der Waals surface area contributed by atoms with Crippen LogP contribution in [0.4, 0.5) is 9.18 Å². The molecule has 7 nitrogen and oxygen atoms in total. The highest BCUT2D eigenvalue weighted by molar-refractivity contribution is 5.95. The van der Waals surface area contributed by atoms with E-state index in [2.05, 4.69) is 10.1 Å². The lowest BCUT2D eigenvalue weighted by molar-refractivity contribution is -0.150. The van der Waals surface area contributed by atoms with E-state index in [0.717, 1.165) is 0 Å². The van der Waals surface area contributed by atoms with Crippen molar-refractivity contribution in [3.63, 3.8) is 0 Å². The van der Waals surface area contributed by atoms with Crippen molar-refractivity contribution in [2.45, 2.75) is 19.9 Å². The Kier molecular flexibility index (Phi) is 6.81. The molecule has 0 aliphatic carbocycles. The number of hydrogen-bond donors (Lipinski definition) is 2. The molecule has 0 radical (unpaired) electrons. The number of ether oxygens (including phenoxy) is 2. The minimum Gasteiger partial charge on any atom is -0.479 e. The van der Waals surface area contributed by atoms with E-state index in [1.54, 1.807) is 19.9 Å². The molecule has 0 saturated carbocycles. The normalized spacial score (nSPS) is 10.0. The second-order valence-corrected chi connectivity index (χ2v) is 4.56. The number of imide groups is 1. The second-order valence-electron chi connectivity index (χ2n) is 4.56. The molecule has 0 aliphatic heterocycles. The van der Waals surface area contributed by atoms with E-state index in [1.165, 1.54) is 18.2 Å². The van der Waals surface area contributed by atoms with Crippen LogP contribution in [0.15, 0.2) is 24.3 Å². The van der Waals surface area contributed by atoms with Gasteiger partial charge in [0.05, 0.1) is 0 Å². The summed E-state index contributed by atoms with van der Waals surface area (Å²) in [5.41, 5.74) is 0. The average Bonchev–Trinajstić information content (AvgIpc) is 2.43. The Morgan fingerprint density at radius 1 is 1.18 bits per heavy atom.